The predicted octanol–water partition coefficient (Wildman–Crippen LogP) is 3.24. The van der Waals surface area contributed by atoms with Crippen molar-refractivity contribution in [2.75, 3.05) is 7.11 Å². The van der Waals surface area contributed by atoms with Gasteiger partial charge in [-0.3, -0.25) is 4.79 Å². The van der Waals surface area contributed by atoms with E-state index in [1.165, 1.54) is 19.2 Å². The van der Waals surface area contributed by atoms with E-state index in [1.807, 2.05) is 0 Å². The summed E-state index contributed by atoms with van der Waals surface area (Å²) in [5.41, 5.74) is 5.96. The molecule has 0 radical (unpaired) electrons. The fourth-order valence-corrected chi connectivity index (χ4v) is 1.79. The number of methoxy groups -OCH3 is 1. The maximum Gasteiger partial charge on any atom is 0.327 e. The minimum atomic E-state index is -0.987. The second kappa shape index (κ2) is 6.52. The van der Waals surface area contributed by atoms with Crippen molar-refractivity contribution >= 4 is 53.2 Å². The van der Waals surface area contributed by atoms with Crippen LogP contribution < -0.4 is 5.73 Å². The summed E-state index contributed by atoms with van der Waals surface area (Å²) < 4.78 is 4.49. The lowest BCUT2D eigenvalue weighted by Gasteiger charge is -2.12. The Labute approximate surface area is 114 Å². The quantitative estimate of drug-likeness (QED) is 0.674. The Hall–Kier alpha value is -0.190. The molecule has 2 N–H and O–H groups in total. The molecular weight excluding hydrogens is 296 g/mol. The number of carbonyl (C=O) groups excluding carboxylic acids is 1. The van der Waals surface area contributed by atoms with Crippen LogP contribution in [0.15, 0.2) is 12.1 Å². The van der Waals surface area contributed by atoms with E-state index in [0.717, 1.165) is 0 Å². The fraction of sp³-hybridized carbons (Fsp3) is 0.222. The standard InChI is InChI=1S/C9H8Cl3NO2.ClH/c1-15-9(14)8(13)5-2-4(10)3-6(11)7(5)12;/h2-3,8H,13H2,1H3;1H/t8-;/m1./s1. The summed E-state index contributed by atoms with van der Waals surface area (Å²) in [6.45, 7) is 0. The number of halogens is 4. The first-order chi connectivity index (χ1) is 6.97. The van der Waals surface area contributed by atoms with Crippen molar-refractivity contribution in [3.8, 4) is 0 Å². The van der Waals surface area contributed by atoms with Gasteiger partial charge in [0.2, 0.25) is 0 Å². The van der Waals surface area contributed by atoms with Gasteiger partial charge in [-0.25, -0.2) is 0 Å². The van der Waals surface area contributed by atoms with Crippen LogP contribution >= 0.6 is 47.2 Å². The third-order valence-electron chi connectivity index (χ3n) is 1.81. The molecule has 0 bridgehead atoms. The van der Waals surface area contributed by atoms with Gasteiger partial charge in [-0.2, -0.15) is 0 Å². The van der Waals surface area contributed by atoms with Crippen molar-refractivity contribution in [3.63, 3.8) is 0 Å². The molecular formula is C9H9Cl4NO2. The van der Waals surface area contributed by atoms with Gasteiger partial charge in [0.25, 0.3) is 0 Å². The maximum atomic E-state index is 11.2. The molecule has 1 atom stereocenters. The first-order valence-corrected chi connectivity index (χ1v) is 5.08. The van der Waals surface area contributed by atoms with Gasteiger partial charge >= 0.3 is 5.97 Å². The molecule has 0 heterocycles. The summed E-state index contributed by atoms with van der Waals surface area (Å²) >= 11 is 17.4. The van der Waals surface area contributed by atoms with Crippen molar-refractivity contribution in [2.24, 2.45) is 5.73 Å². The Morgan fingerprint density at radius 1 is 1.38 bits per heavy atom. The van der Waals surface area contributed by atoms with Crippen LogP contribution in [0.1, 0.15) is 11.6 Å². The van der Waals surface area contributed by atoms with Gasteiger partial charge in [0.05, 0.1) is 17.2 Å². The van der Waals surface area contributed by atoms with Crippen LogP contribution in [0.2, 0.25) is 15.1 Å². The number of nitrogens with two attached hydrogens (primary N) is 1. The molecule has 0 aliphatic heterocycles. The third-order valence-corrected chi connectivity index (χ3v) is 2.85. The molecule has 0 saturated carbocycles. The van der Waals surface area contributed by atoms with Crippen LogP contribution in [0.3, 0.4) is 0 Å². The van der Waals surface area contributed by atoms with Crippen LogP contribution in [-0.4, -0.2) is 13.1 Å². The topological polar surface area (TPSA) is 52.3 Å². The SMILES string of the molecule is COC(=O)[C@H](N)c1cc(Cl)cc(Cl)c1Cl.Cl. The van der Waals surface area contributed by atoms with Crippen molar-refractivity contribution < 1.29 is 9.53 Å². The minimum Gasteiger partial charge on any atom is -0.468 e. The molecule has 0 aliphatic carbocycles. The average Bonchev–Trinajstić information content (AvgIpc) is 2.21. The molecule has 0 saturated heterocycles. The number of ether oxygens (including phenoxy) is 1. The Morgan fingerprint density at radius 3 is 2.44 bits per heavy atom. The Balaban J connectivity index is 0.00000225. The fourth-order valence-electron chi connectivity index (χ4n) is 1.06. The summed E-state index contributed by atoms with van der Waals surface area (Å²) in [7, 11) is 1.24. The van der Waals surface area contributed by atoms with Gasteiger partial charge in [-0.15, -0.1) is 12.4 Å². The molecule has 0 fully saturated rings. The molecule has 16 heavy (non-hydrogen) atoms. The molecule has 90 valence electrons. The zero-order chi connectivity index (χ0) is 11.6. The number of benzene rings is 1. The van der Waals surface area contributed by atoms with E-state index < -0.39 is 12.0 Å². The van der Waals surface area contributed by atoms with Gasteiger partial charge in [0, 0.05) is 10.6 Å². The van der Waals surface area contributed by atoms with Crippen LogP contribution in [0.5, 0.6) is 0 Å². The molecule has 1 aromatic rings. The average molecular weight is 305 g/mol. The van der Waals surface area contributed by atoms with Gasteiger partial charge in [-0.1, -0.05) is 34.8 Å². The van der Waals surface area contributed by atoms with Gasteiger partial charge in [-0.05, 0) is 12.1 Å². The van der Waals surface area contributed by atoms with E-state index in [1.54, 1.807) is 0 Å². The molecule has 0 amide bonds. The zero-order valence-electron chi connectivity index (χ0n) is 8.17. The van der Waals surface area contributed by atoms with Gasteiger partial charge in [0.1, 0.15) is 6.04 Å². The number of rotatable bonds is 2. The van der Waals surface area contributed by atoms with Crippen LogP contribution in [0.25, 0.3) is 0 Å². The highest BCUT2D eigenvalue weighted by Gasteiger charge is 2.21. The van der Waals surface area contributed by atoms with E-state index in [0.29, 0.717) is 10.6 Å². The number of hydrogen-bond acceptors (Lipinski definition) is 3. The molecule has 0 aromatic heterocycles. The Bertz CT molecular complexity index is 397. The summed E-state index contributed by atoms with van der Waals surface area (Å²) in [5.74, 6) is -0.602. The van der Waals surface area contributed by atoms with Crippen molar-refractivity contribution in [1.82, 2.24) is 0 Å². The molecule has 1 aromatic carbocycles. The highest BCUT2D eigenvalue weighted by Crippen LogP contribution is 2.32. The second-order valence-electron chi connectivity index (χ2n) is 2.79. The predicted molar refractivity (Wildman–Crippen MR) is 67.7 cm³/mol. The minimum absolute atomic E-state index is 0. The molecule has 0 spiro atoms. The monoisotopic (exact) mass is 303 g/mol. The summed E-state index contributed by atoms with van der Waals surface area (Å²) in [5, 5.41) is 0.816. The highest BCUT2D eigenvalue weighted by atomic mass is 35.5. The molecule has 7 heteroatoms. The lowest BCUT2D eigenvalue weighted by Crippen LogP contribution is -2.23. The molecule has 3 nitrogen and oxygen atoms in total. The normalized spacial score (nSPS) is 11.6. The maximum absolute atomic E-state index is 11.2. The van der Waals surface area contributed by atoms with Crippen molar-refractivity contribution in [3.05, 3.63) is 32.8 Å². The van der Waals surface area contributed by atoms with E-state index in [-0.39, 0.29) is 22.5 Å². The molecule has 1 rings (SSSR count). The van der Waals surface area contributed by atoms with E-state index in [2.05, 4.69) is 4.74 Å². The van der Waals surface area contributed by atoms with Crippen LogP contribution in [-0.2, 0) is 9.53 Å². The summed E-state index contributed by atoms with van der Waals surface area (Å²) in [6, 6.07) is 1.97. The number of esters is 1. The highest BCUT2D eigenvalue weighted by molar-refractivity contribution is 6.43. The Kier molecular flexibility index (Phi) is 6.44. The zero-order valence-corrected chi connectivity index (χ0v) is 11.3. The van der Waals surface area contributed by atoms with Crippen molar-refractivity contribution in [2.45, 2.75) is 6.04 Å². The van der Waals surface area contributed by atoms with Gasteiger partial charge in [0.15, 0.2) is 0 Å². The van der Waals surface area contributed by atoms with Crippen LogP contribution in [0, 0.1) is 0 Å². The lowest BCUT2D eigenvalue weighted by atomic mass is 10.1. The lowest BCUT2D eigenvalue weighted by molar-refractivity contribution is -0.142. The second-order valence-corrected chi connectivity index (χ2v) is 4.01. The van der Waals surface area contributed by atoms with Crippen LogP contribution in [0.4, 0.5) is 0 Å². The van der Waals surface area contributed by atoms with Crippen molar-refractivity contribution in [1.29, 1.82) is 0 Å². The third kappa shape index (κ3) is 3.40. The van der Waals surface area contributed by atoms with E-state index in [4.69, 9.17) is 40.5 Å². The summed E-state index contributed by atoms with van der Waals surface area (Å²) in [6.07, 6.45) is 0. The Morgan fingerprint density at radius 2 is 1.94 bits per heavy atom. The van der Waals surface area contributed by atoms with Gasteiger partial charge < -0.3 is 10.5 Å². The number of carbonyl (C=O) groups is 1. The molecule has 0 aliphatic rings. The first kappa shape index (κ1) is 15.8. The van der Waals surface area contributed by atoms with E-state index >= 15 is 0 Å². The largest absolute Gasteiger partial charge is 0.468 e. The van der Waals surface area contributed by atoms with E-state index in [9.17, 15) is 4.79 Å². The molecule has 0 unspecified atom stereocenters. The number of hydrogen-bond donors (Lipinski definition) is 1. The smallest absolute Gasteiger partial charge is 0.327 e. The summed E-state index contributed by atoms with van der Waals surface area (Å²) in [4.78, 5) is 11.2. The first-order valence-electron chi connectivity index (χ1n) is 3.95.